The molecule has 2 atom stereocenters. The monoisotopic (exact) mass is 234 g/mol. The van der Waals surface area contributed by atoms with E-state index in [0.29, 0.717) is 6.42 Å². The molecule has 1 aliphatic carbocycles. The Morgan fingerprint density at radius 3 is 2.65 bits per heavy atom. The number of carboxylic acids is 1. The van der Waals surface area contributed by atoms with Gasteiger partial charge in [0.1, 0.15) is 0 Å². The van der Waals surface area contributed by atoms with E-state index < -0.39 is 11.6 Å². The lowest BCUT2D eigenvalue weighted by atomic mass is 9.72. The topological polar surface area (TPSA) is 46.5 Å². The molecule has 2 unspecified atom stereocenters. The number of benzene rings is 1. The Hall–Kier alpha value is -1.35. The quantitative estimate of drug-likeness (QED) is 0.874. The first-order valence-corrected chi connectivity index (χ1v) is 6.04. The fraction of sp³-hybridized carbons (Fsp3) is 0.500. The Morgan fingerprint density at radius 1 is 1.35 bits per heavy atom. The number of hydrogen-bond acceptors (Lipinski definition) is 2. The number of aliphatic carboxylic acids is 1. The van der Waals surface area contributed by atoms with Crippen LogP contribution in [0.3, 0.4) is 0 Å². The van der Waals surface area contributed by atoms with E-state index in [-0.39, 0.29) is 5.92 Å². The normalized spacial score (nSPS) is 28.9. The molecule has 1 aromatic rings. The predicted octanol–water partition coefficient (Wildman–Crippen LogP) is 2.81. The molecule has 1 N–H and O–H groups in total. The van der Waals surface area contributed by atoms with E-state index >= 15 is 0 Å². The summed E-state index contributed by atoms with van der Waals surface area (Å²) in [6.45, 7) is 0. The zero-order valence-electron chi connectivity index (χ0n) is 10.1. The Bertz CT molecular complexity index is 388. The highest BCUT2D eigenvalue weighted by atomic mass is 16.5. The summed E-state index contributed by atoms with van der Waals surface area (Å²) in [7, 11) is 1.51. The molecular weight excluding hydrogens is 216 g/mol. The van der Waals surface area contributed by atoms with Gasteiger partial charge in [0.05, 0.1) is 0 Å². The highest BCUT2D eigenvalue weighted by molar-refractivity contribution is 5.79. The molecule has 3 heteroatoms. The largest absolute Gasteiger partial charge is 0.479 e. The highest BCUT2D eigenvalue weighted by Gasteiger charge is 2.48. The standard InChI is InChI=1S/C14H18O3/c1-17-14(13(15)16)10-6-5-9-12(14)11-7-3-2-4-8-11/h2-4,7-8,12H,5-6,9-10H2,1H3,(H,15,16). The third-order valence-corrected chi connectivity index (χ3v) is 3.78. The highest BCUT2D eigenvalue weighted by Crippen LogP contribution is 2.43. The van der Waals surface area contributed by atoms with Gasteiger partial charge in [-0.25, -0.2) is 4.79 Å². The van der Waals surface area contributed by atoms with E-state index in [4.69, 9.17) is 4.74 Å². The van der Waals surface area contributed by atoms with Crippen molar-refractivity contribution in [1.29, 1.82) is 0 Å². The summed E-state index contributed by atoms with van der Waals surface area (Å²) < 4.78 is 5.41. The molecule has 1 saturated carbocycles. The first kappa shape index (κ1) is 12.1. The van der Waals surface area contributed by atoms with E-state index in [1.165, 1.54) is 7.11 Å². The van der Waals surface area contributed by atoms with E-state index in [9.17, 15) is 9.90 Å². The summed E-state index contributed by atoms with van der Waals surface area (Å²) in [5.41, 5.74) is 0.0241. The second kappa shape index (κ2) is 4.88. The lowest BCUT2D eigenvalue weighted by Gasteiger charge is -2.39. The molecule has 1 fully saturated rings. The molecule has 2 rings (SSSR count). The molecule has 0 bridgehead atoms. The van der Waals surface area contributed by atoms with Crippen LogP contribution in [0.5, 0.6) is 0 Å². The maximum atomic E-state index is 11.6. The van der Waals surface area contributed by atoms with Gasteiger partial charge in [-0.1, -0.05) is 36.8 Å². The predicted molar refractivity (Wildman–Crippen MR) is 65.0 cm³/mol. The molecule has 3 nitrogen and oxygen atoms in total. The molecule has 17 heavy (non-hydrogen) atoms. The molecule has 1 aliphatic rings. The van der Waals surface area contributed by atoms with Crippen LogP contribution in [0.1, 0.15) is 37.2 Å². The average molecular weight is 234 g/mol. The van der Waals surface area contributed by atoms with Crippen molar-refractivity contribution in [1.82, 2.24) is 0 Å². The van der Waals surface area contributed by atoms with Gasteiger partial charge in [0, 0.05) is 13.0 Å². The molecule has 92 valence electrons. The fourth-order valence-corrected chi connectivity index (χ4v) is 2.85. The Morgan fingerprint density at radius 2 is 2.06 bits per heavy atom. The number of carbonyl (C=O) groups is 1. The molecule has 0 aromatic heterocycles. The summed E-state index contributed by atoms with van der Waals surface area (Å²) in [5, 5.41) is 9.50. The lowest BCUT2D eigenvalue weighted by molar-refractivity contribution is -0.169. The van der Waals surface area contributed by atoms with Crippen LogP contribution in [0.2, 0.25) is 0 Å². The summed E-state index contributed by atoms with van der Waals surface area (Å²) in [4.78, 5) is 11.6. The molecule has 0 saturated heterocycles. The van der Waals surface area contributed by atoms with Crippen molar-refractivity contribution in [2.75, 3.05) is 7.11 Å². The van der Waals surface area contributed by atoms with Gasteiger partial charge in [-0.3, -0.25) is 0 Å². The third-order valence-electron chi connectivity index (χ3n) is 3.78. The molecule has 0 heterocycles. The Balaban J connectivity index is 2.38. The van der Waals surface area contributed by atoms with Crippen LogP contribution < -0.4 is 0 Å². The summed E-state index contributed by atoms with van der Waals surface area (Å²) in [6.07, 6.45) is 3.46. The maximum absolute atomic E-state index is 11.6. The fourth-order valence-electron chi connectivity index (χ4n) is 2.85. The number of ether oxygens (including phenoxy) is 1. The number of methoxy groups -OCH3 is 1. The van der Waals surface area contributed by atoms with Crippen molar-refractivity contribution >= 4 is 5.97 Å². The van der Waals surface area contributed by atoms with E-state index in [1.54, 1.807) is 0 Å². The van der Waals surface area contributed by atoms with Gasteiger partial charge in [-0.05, 0) is 24.8 Å². The molecule has 0 aliphatic heterocycles. The first-order chi connectivity index (χ1) is 8.20. The molecule has 0 amide bonds. The van der Waals surface area contributed by atoms with Crippen LogP contribution in [-0.4, -0.2) is 23.8 Å². The summed E-state index contributed by atoms with van der Waals surface area (Å²) in [5.74, 6) is -0.881. The number of carboxylic acid groups (broad SMARTS) is 1. The van der Waals surface area contributed by atoms with Crippen LogP contribution in [0.4, 0.5) is 0 Å². The van der Waals surface area contributed by atoms with Crippen molar-refractivity contribution in [2.45, 2.75) is 37.2 Å². The van der Waals surface area contributed by atoms with Crippen LogP contribution >= 0.6 is 0 Å². The molecular formula is C14H18O3. The average Bonchev–Trinajstić information content (AvgIpc) is 2.39. The van der Waals surface area contributed by atoms with Crippen LogP contribution in [0.25, 0.3) is 0 Å². The maximum Gasteiger partial charge on any atom is 0.336 e. The SMILES string of the molecule is COC1(C(=O)O)CCCCC1c1ccccc1. The van der Waals surface area contributed by atoms with Crippen molar-refractivity contribution in [3.05, 3.63) is 35.9 Å². The minimum atomic E-state index is -1.04. The van der Waals surface area contributed by atoms with Gasteiger partial charge < -0.3 is 9.84 Å². The smallest absolute Gasteiger partial charge is 0.336 e. The van der Waals surface area contributed by atoms with Crippen molar-refractivity contribution in [2.24, 2.45) is 0 Å². The lowest BCUT2D eigenvalue weighted by Crippen LogP contribution is -2.48. The van der Waals surface area contributed by atoms with Crippen LogP contribution in [-0.2, 0) is 9.53 Å². The zero-order chi connectivity index (χ0) is 12.3. The van der Waals surface area contributed by atoms with Gasteiger partial charge in [-0.2, -0.15) is 0 Å². The second-order valence-corrected chi connectivity index (χ2v) is 4.61. The Kier molecular flexibility index (Phi) is 3.48. The van der Waals surface area contributed by atoms with Gasteiger partial charge in [-0.15, -0.1) is 0 Å². The summed E-state index contributed by atoms with van der Waals surface area (Å²) >= 11 is 0. The molecule has 0 spiro atoms. The third kappa shape index (κ3) is 2.07. The van der Waals surface area contributed by atoms with Gasteiger partial charge in [0.25, 0.3) is 0 Å². The van der Waals surface area contributed by atoms with Crippen molar-refractivity contribution in [3.8, 4) is 0 Å². The molecule has 0 radical (unpaired) electrons. The summed E-state index contributed by atoms with van der Waals surface area (Å²) in [6, 6.07) is 9.83. The van der Waals surface area contributed by atoms with Crippen LogP contribution in [0.15, 0.2) is 30.3 Å². The number of rotatable bonds is 3. The Labute approximate surface area is 101 Å². The van der Waals surface area contributed by atoms with E-state index in [2.05, 4.69) is 0 Å². The first-order valence-electron chi connectivity index (χ1n) is 6.04. The van der Waals surface area contributed by atoms with E-state index in [0.717, 1.165) is 24.8 Å². The second-order valence-electron chi connectivity index (χ2n) is 4.61. The van der Waals surface area contributed by atoms with Crippen molar-refractivity contribution in [3.63, 3.8) is 0 Å². The molecule has 1 aromatic carbocycles. The minimum absolute atomic E-state index is 0.0417. The van der Waals surface area contributed by atoms with Gasteiger partial charge in [0.2, 0.25) is 0 Å². The van der Waals surface area contributed by atoms with Crippen LogP contribution in [0, 0.1) is 0 Å². The minimum Gasteiger partial charge on any atom is -0.479 e. The van der Waals surface area contributed by atoms with Gasteiger partial charge in [0.15, 0.2) is 5.60 Å². The number of hydrogen-bond donors (Lipinski definition) is 1. The van der Waals surface area contributed by atoms with Gasteiger partial charge >= 0.3 is 5.97 Å². The zero-order valence-corrected chi connectivity index (χ0v) is 10.1. The van der Waals surface area contributed by atoms with Crippen molar-refractivity contribution < 1.29 is 14.6 Å². The van der Waals surface area contributed by atoms with E-state index in [1.807, 2.05) is 30.3 Å².